The zero-order valence-electron chi connectivity index (χ0n) is 7.81. The molecule has 1 rings (SSSR count). The van der Waals surface area contributed by atoms with Crippen molar-refractivity contribution in [1.82, 2.24) is 0 Å². The molecular weight excluding hydrogens is 242 g/mol. The van der Waals surface area contributed by atoms with Crippen molar-refractivity contribution in [3.63, 3.8) is 0 Å². The molecule has 0 saturated heterocycles. The van der Waals surface area contributed by atoms with Gasteiger partial charge in [0.1, 0.15) is 0 Å². The second-order valence-corrected chi connectivity index (χ2v) is 5.80. The summed E-state index contributed by atoms with van der Waals surface area (Å²) in [4.78, 5) is 10.1. The van der Waals surface area contributed by atoms with Crippen LogP contribution in [0.25, 0.3) is 0 Å². The lowest BCUT2D eigenvalue weighted by molar-refractivity contribution is -0.386. The molecule has 7 heteroatoms. The Morgan fingerprint density at radius 3 is 2.53 bits per heavy atom. The van der Waals surface area contributed by atoms with E-state index >= 15 is 0 Å². The zero-order chi connectivity index (χ0) is 11.6. The van der Waals surface area contributed by atoms with Crippen LogP contribution in [-0.2, 0) is 14.8 Å². The predicted molar refractivity (Wildman–Crippen MR) is 56.3 cm³/mol. The van der Waals surface area contributed by atoms with E-state index < -0.39 is 19.7 Å². The first-order valence-electron chi connectivity index (χ1n) is 3.96. The second-order valence-electron chi connectivity index (χ2n) is 3.02. The molecule has 1 aromatic carbocycles. The lowest BCUT2D eigenvalue weighted by Crippen LogP contribution is -2.02. The summed E-state index contributed by atoms with van der Waals surface area (Å²) >= 11 is 0. The van der Waals surface area contributed by atoms with Gasteiger partial charge in [-0.2, -0.15) is 0 Å². The van der Waals surface area contributed by atoms with E-state index in [0.29, 0.717) is 5.56 Å². The van der Waals surface area contributed by atoms with Gasteiger partial charge in [-0.1, -0.05) is 18.2 Å². The molecule has 82 valence electrons. The first-order chi connectivity index (χ1) is 6.81. The van der Waals surface area contributed by atoms with Crippen molar-refractivity contribution in [3.05, 3.63) is 39.4 Å². The number of nitrogens with zero attached hydrogens (tertiary/aromatic N) is 1. The minimum absolute atomic E-state index is 0.106. The molecule has 0 heterocycles. The Balaban J connectivity index is 3.30. The lowest BCUT2D eigenvalue weighted by Gasteiger charge is -2.02. The monoisotopic (exact) mass is 249 g/mol. The van der Waals surface area contributed by atoms with E-state index in [9.17, 15) is 18.5 Å². The number of benzene rings is 1. The van der Waals surface area contributed by atoms with Gasteiger partial charge in [-0.25, -0.2) is 8.42 Å². The fourth-order valence-corrected chi connectivity index (χ4v) is 2.24. The third kappa shape index (κ3) is 3.17. The van der Waals surface area contributed by atoms with Gasteiger partial charge >= 0.3 is 0 Å². The van der Waals surface area contributed by atoms with E-state index in [-0.39, 0.29) is 11.3 Å². The van der Waals surface area contributed by atoms with Crippen LogP contribution in [0.1, 0.15) is 11.1 Å². The van der Waals surface area contributed by atoms with Crippen molar-refractivity contribution in [1.29, 1.82) is 0 Å². The average Bonchev–Trinajstić information content (AvgIpc) is 1.99. The summed E-state index contributed by atoms with van der Waals surface area (Å²) < 4.78 is 21.7. The quantitative estimate of drug-likeness (QED) is 0.466. The molecule has 15 heavy (non-hydrogen) atoms. The van der Waals surface area contributed by atoms with Gasteiger partial charge in [0.25, 0.3) is 5.69 Å². The molecule has 0 aliphatic rings. The topological polar surface area (TPSA) is 77.3 Å². The number of nitro groups is 1. The van der Waals surface area contributed by atoms with Gasteiger partial charge in [0.2, 0.25) is 9.05 Å². The van der Waals surface area contributed by atoms with Crippen LogP contribution in [0.3, 0.4) is 0 Å². The Bertz CT molecular complexity index is 497. The van der Waals surface area contributed by atoms with Crippen molar-refractivity contribution in [2.24, 2.45) is 0 Å². The third-order valence-corrected chi connectivity index (χ3v) is 2.81. The summed E-state index contributed by atoms with van der Waals surface area (Å²) in [6.07, 6.45) is 0. The van der Waals surface area contributed by atoms with Crippen LogP contribution in [0.2, 0.25) is 0 Å². The molecule has 0 radical (unpaired) electrons. The maximum atomic E-state index is 10.8. The number of para-hydroxylation sites is 1. The fraction of sp³-hybridized carbons (Fsp3) is 0.250. The Morgan fingerprint density at radius 1 is 1.47 bits per heavy atom. The maximum Gasteiger partial charge on any atom is 0.276 e. The summed E-state index contributed by atoms with van der Waals surface area (Å²) in [6, 6.07) is 4.48. The van der Waals surface area contributed by atoms with Crippen LogP contribution >= 0.6 is 10.7 Å². The Labute approximate surface area is 91.2 Å². The number of aryl methyl sites for hydroxylation is 1. The largest absolute Gasteiger partial charge is 0.276 e. The van der Waals surface area contributed by atoms with Gasteiger partial charge in [-0.3, -0.25) is 10.1 Å². The molecule has 0 aliphatic heterocycles. The number of rotatable bonds is 3. The maximum absolute atomic E-state index is 10.8. The summed E-state index contributed by atoms with van der Waals surface area (Å²) in [5, 5.41) is 10.7. The SMILES string of the molecule is Cc1cccc(CS(=O)(=O)Cl)c1[N+](=O)[O-]. The predicted octanol–water partition coefficient (Wildman–Crippen LogP) is 1.97. The van der Waals surface area contributed by atoms with Gasteiger partial charge in [0, 0.05) is 21.8 Å². The van der Waals surface area contributed by atoms with Crippen molar-refractivity contribution in [3.8, 4) is 0 Å². The molecule has 0 saturated carbocycles. The van der Waals surface area contributed by atoms with Crippen LogP contribution < -0.4 is 0 Å². The number of hydrogen-bond acceptors (Lipinski definition) is 4. The highest BCUT2D eigenvalue weighted by Crippen LogP contribution is 2.25. The highest BCUT2D eigenvalue weighted by Gasteiger charge is 2.20. The van der Waals surface area contributed by atoms with Crippen molar-refractivity contribution < 1.29 is 13.3 Å². The first-order valence-corrected chi connectivity index (χ1v) is 6.44. The van der Waals surface area contributed by atoms with Crippen LogP contribution in [0.5, 0.6) is 0 Å². The molecule has 0 aliphatic carbocycles. The molecule has 1 aromatic rings. The highest BCUT2D eigenvalue weighted by molar-refractivity contribution is 8.13. The smallest absolute Gasteiger partial charge is 0.258 e. The molecule has 0 aromatic heterocycles. The molecule has 0 spiro atoms. The van der Waals surface area contributed by atoms with Crippen LogP contribution in [-0.4, -0.2) is 13.3 Å². The number of halogens is 1. The molecule has 0 unspecified atom stereocenters. The molecule has 0 fully saturated rings. The van der Waals surface area contributed by atoms with E-state index in [0.717, 1.165) is 0 Å². The fourth-order valence-electron chi connectivity index (χ4n) is 1.28. The van der Waals surface area contributed by atoms with Crippen molar-refractivity contribution in [2.75, 3.05) is 0 Å². The van der Waals surface area contributed by atoms with Crippen LogP contribution in [0.4, 0.5) is 5.69 Å². The van der Waals surface area contributed by atoms with Crippen molar-refractivity contribution in [2.45, 2.75) is 12.7 Å². The summed E-state index contributed by atoms with van der Waals surface area (Å²) in [6.45, 7) is 1.54. The van der Waals surface area contributed by atoms with Gasteiger partial charge in [0.05, 0.1) is 10.7 Å². The molecule has 0 amide bonds. The van der Waals surface area contributed by atoms with Gasteiger partial charge in [-0.15, -0.1) is 0 Å². The Kier molecular flexibility index (Phi) is 3.31. The standard InChI is InChI=1S/C8H8ClNO4S/c1-6-3-2-4-7(5-15(9,13)14)8(6)10(11)12/h2-4H,5H2,1H3. The molecule has 0 bridgehead atoms. The minimum atomic E-state index is -3.78. The van der Waals surface area contributed by atoms with Crippen molar-refractivity contribution >= 4 is 25.4 Å². The normalized spacial score (nSPS) is 11.3. The average molecular weight is 250 g/mol. The summed E-state index contributed by atoms with van der Waals surface area (Å²) in [5.74, 6) is -0.535. The Hall–Kier alpha value is -1.14. The molecule has 0 atom stereocenters. The lowest BCUT2D eigenvalue weighted by atomic mass is 10.1. The Morgan fingerprint density at radius 2 is 2.07 bits per heavy atom. The van der Waals surface area contributed by atoms with Gasteiger partial charge < -0.3 is 0 Å². The van der Waals surface area contributed by atoms with E-state index in [1.54, 1.807) is 19.1 Å². The highest BCUT2D eigenvalue weighted by atomic mass is 35.7. The number of hydrogen-bond donors (Lipinski definition) is 0. The number of nitro benzene ring substituents is 1. The molecular formula is C8H8ClNO4S. The third-order valence-electron chi connectivity index (χ3n) is 1.83. The first kappa shape index (κ1) is 11.9. The zero-order valence-corrected chi connectivity index (χ0v) is 9.38. The van der Waals surface area contributed by atoms with E-state index in [4.69, 9.17) is 10.7 Å². The second kappa shape index (κ2) is 4.16. The summed E-state index contributed by atoms with van der Waals surface area (Å²) in [7, 11) is 1.26. The van der Waals surface area contributed by atoms with Gasteiger partial charge in [-0.05, 0) is 6.92 Å². The van der Waals surface area contributed by atoms with E-state index in [2.05, 4.69) is 0 Å². The summed E-state index contributed by atoms with van der Waals surface area (Å²) in [5.41, 5.74) is 0.328. The minimum Gasteiger partial charge on any atom is -0.258 e. The van der Waals surface area contributed by atoms with Crippen LogP contribution in [0, 0.1) is 17.0 Å². The van der Waals surface area contributed by atoms with E-state index in [1.807, 2.05) is 0 Å². The molecule has 5 nitrogen and oxygen atoms in total. The van der Waals surface area contributed by atoms with Crippen LogP contribution in [0.15, 0.2) is 18.2 Å². The van der Waals surface area contributed by atoms with E-state index in [1.165, 1.54) is 6.07 Å². The van der Waals surface area contributed by atoms with Gasteiger partial charge in [0.15, 0.2) is 0 Å². The molecule has 0 N–H and O–H groups in total.